The van der Waals surface area contributed by atoms with Gasteiger partial charge in [0.15, 0.2) is 0 Å². The topological polar surface area (TPSA) is 135 Å². The molecular weight excluding hydrogens is 636 g/mol. The van der Waals surface area contributed by atoms with Crippen molar-refractivity contribution >= 4 is 41.9 Å². The molecule has 2 rings (SSSR count). The number of hydrogen-bond acceptors (Lipinski definition) is 7. The van der Waals surface area contributed by atoms with Crippen LogP contribution in [-0.2, 0) is 30.2 Å². The molecule has 2 N–H and O–H groups in total. The number of hydrogen-bond donors (Lipinski definition) is 2. The van der Waals surface area contributed by atoms with Crippen molar-refractivity contribution in [3.05, 3.63) is 54.1 Å². The van der Waals surface area contributed by atoms with Gasteiger partial charge in [0.2, 0.25) is 0 Å². The fourth-order valence-corrected chi connectivity index (χ4v) is 7.45. The zero-order valence-electron chi connectivity index (χ0n) is 17.4. The standard InChI is InChI=1S/C16H9F10NO7S4/c17-8-5-6-10(9(18)7-8)35-15(23,24)13(19,20)14(21,22)16(25,26)38(33,34)27-36(28,29)11-3-1-2-4-12(11)37(30,31)32/h1-7,27H,(H,30,31,32). The quantitative estimate of drug-likeness (QED) is 0.225. The molecule has 0 radical (unpaired) electrons. The summed E-state index contributed by atoms with van der Waals surface area (Å²) >= 11 is -1.81. The highest BCUT2D eigenvalue weighted by molar-refractivity contribution is 8.05. The Morgan fingerprint density at radius 2 is 1.24 bits per heavy atom. The van der Waals surface area contributed by atoms with Gasteiger partial charge in [-0.15, -0.1) is 0 Å². The van der Waals surface area contributed by atoms with Gasteiger partial charge in [-0.1, -0.05) is 16.3 Å². The summed E-state index contributed by atoms with van der Waals surface area (Å²) in [4.78, 5) is -5.17. The summed E-state index contributed by atoms with van der Waals surface area (Å²) in [5.41, 5.74) is 0. The van der Waals surface area contributed by atoms with Crippen molar-refractivity contribution in [2.24, 2.45) is 0 Å². The van der Waals surface area contributed by atoms with E-state index in [0.717, 1.165) is 6.07 Å². The fraction of sp³-hybridized carbons (Fsp3) is 0.250. The van der Waals surface area contributed by atoms with E-state index in [-0.39, 0.29) is 34.5 Å². The van der Waals surface area contributed by atoms with Gasteiger partial charge in [0.25, 0.3) is 30.2 Å². The van der Waals surface area contributed by atoms with Gasteiger partial charge < -0.3 is 0 Å². The van der Waals surface area contributed by atoms with Gasteiger partial charge in [-0.25, -0.2) is 25.6 Å². The molecule has 0 aromatic heterocycles. The first-order valence-electron chi connectivity index (χ1n) is 8.82. The van der Waals surface area contributed by atoms with E-state index in [1.807, 2.05) is 0 Å². The first-order chi connectivity index (χ1) is 16.8. The summed E-state index contributed by atoms with van der Waals surface area (Å²) in [6.45, 7) is 0. The van der Waals surface area contributed by atoms with Gasteiger partial charge >= 0.3 is 22.4 Å². The Morgan fingerprint density at radius 1 is 0.737 bits per heavy atom. The minimum atomic E-state index is -7.66. The Morgan fingerprint density at radius 3 is 1.71 bits per heavy atom. The molecule has 0 aliphatic heterocycles. The Hall–Kier alpha value is -2.14. The third-order valence-electron chi connectivity index (χ3n) is 4.23. The van der Waals surface area contributed by atoms with Gasteiger partial charge in [0.1, 0.15) is 21.4 Å². The van der Waals surface area contributed by atoms with Crippen LogP contribution in [0.4, 0.5) is 43.9 Å². The number of halogens is 10. The Balaban J connectivity index is 2.55. The van der Waals surface area contributed by atoms with Crippen molar-refractivity contribution in [2.45, 2.75) is 37.0 Å². The molecule has 0 heterocycles. The van der Waals surface area contributed by atoms with Crippen molar-refractivity contribution in [2.75, 3.05) is 0 Å². The van der Waals surface area contributed by atoms with Crippen molar-refractivity contribution < 1.29 is 73.7 Å². The van der Waals surface area contributed by atoms with Crippen molar-refractivity contribution in [3.63, 3.8) is 0 Å². The summed E-state index contributed by atoms with van der Waals surface area (Å²) in [7, 11) is -19.4. The summed E-state index contributed by atoms with van der Waals surface area (Å²) < 4.78 is 219. The van der Waals surface area contributed by atoms with Gasteiger partial charge in [-0.05, 0) is 36.0 Å². The minimum Gasteiger partial charge on any atom is -0.282 e. The molecule has 0 spiro atoms. The molecular formula is C16H9F10NO7S4. The molecule has 214 valence electrons. The zero-order valence-corrected chi connectivity index (χ0v) is 20.6. The number of thioether (sulfide) groups is 1. The van der Waals surface area contributed by atoms with Crippen LogP contribution in [0.1, 0.15) is 0 Å². The second kappa shape index (κ2) is 9.80. The Labute approximate surface area is 210 Å². The lowest BCUT2D eigenvalue weighted by molar-refractivity contribution is -0.324. The Bertz CT molecular complexity index is 1560. The van der Waals surface area contributed by atoms with Crippen LogP contribution in [0.25, 0.3) is 0 Å². The third kappa shape index (κ3) is 5.59. The normalized spacial score (nSPS) is 14.5. The molecule has 8 nitrogen and oxygen atoms in total. The lowest BCUT2D eigenvalue weighted by Crippen LogP contribution is -2.65. The van der Waals surface area contributed by atoms with E-state index in [9.17, 15) is 69.2 Å². The summed E-state index contributed by atoms with van der Waals surface area (Å²) in [6, 6.07) is 1.89. The minimum absolute atomic E-state index is 0.0487. The molecule has 2 aromatic carbocycles. The monoisotopic (exact) mass is 645 g/mol. The number of rotatable bonds is 10. The maximum atomic E-state index is 14.3. The third-order valence-corrected chi connectivity index (χ3v) is 9.96. The molecule has 38 heavy (non-hydrogen) atoms. The highest BCUT2D eigenvalue weighted by Crippen LogP contribution is 2.58. The number of benzene rings is 2. The van der Waals surface area contributed by atoms with Crippen LogP contribution in [0.3, 0.4) is 0 Å². The van der Waals surface area contributed by atoms with Crippen molar-refractivity contribution in [1.82, 2.24) is 4.13 Å². The predicted molar refractivity (Wildman–Crippen MR) is 108 cm³/mol. The molecule has 0 bridgehead atoms. The second-order valence-corrected chi connectivity index (χ2v) is 13.1. The van der Waals surface area contributed by atoms with E-state index >= 15 is 0 Å². The van der Waals surface area contributed by atoms with E-state index < -0.39 is 90.6 Å². The molecule has 0 unspecified atom stereocenters. The second-order valence-electron chi connectivity index (χ2n) is 6.87. The summed E-state index contributed by atoms with van der Waals surface area (Å²) in [5, 5.41) is -13.8. The van der Waals surface area contributed by atoms with Gasteiger partial charge in [0.05, 0.1) is 0 Å². The molecule has 0 amide bonds. The number of nitrogens with one attached hydrogen (secondary N) is 1. The van der Waals surface area contributed by atoms with E-state index in [4.69, 9.17) is 4.55 Å². The van der Waals surface area contributed by atoms with Crippen LogP contribution in [0.2, 0.25) is 0 Å². The average Bonchev–Trinajstić information content (AvgIpc) is 2.74. The van der Waals surface area contributed by atoms with E-state index in [2.05, 4.69) is 0 Å². The fourth-order valence-electron chi connectivity index (χ4n) is 2.42. The molecule has 0 saturated heterocycles. The van der Waals surface area contributed by atoms with E-state index in [0.29, 0.717) is 6.07 Å². The van der Waals surface area contributed by atoms with E-state index in [1.54, 1.807) is 0 Å². The highest BCUT2D eigenvalue weighted by atomic mass is 32.3. The van der Waals surface area contributed by atoms with Crippen molar-refractivity contribution in [1.29, 1.82) is 0 Å². The maximum absolute atomic E-state index is 14.3. The first-order valence-corrected chi connectivity index (χ1v) is 14.0. The van der Waals surface area contributed by atoms with Crippen LogP contribution >= 0.6 is 11.8 Å². The lowest BCUT2D eigenvalue weighted by atomic mass is 10.2. The molecule has 0 fully saturated rings. The molecule has 22 heteroatoms. The highest BCUT2D eigenvalue weighted by Gasteiger charge is 2.85. The molecule has 0 atom stereocenters. The smallest absolute Gasteiger partial charge is 0.282 e. The summed E-state index contributed by atoms with van der Waals surface area (Å²) in [5.74, 6) is -18.5. The van der Waals surface area contributed by atoms with Gasteiger partial charge in [0, 0.05) is 11.0 Å². The average molecular weight is 645 g/mol. The largest absolute Gasteiger partial charge is 0.428 e. The Kier molecular flexibility index (Phi) is 8.27. The van der Waals surface area contributed by atoms with Gasteiger partial charge in [-0.2, -0.15) is 43.5 Å². The molecule has 0 aliphatic carbocycles. The number of sulfonamides is 2. The lowest BCUT2D eigenvalue weighted by Gasteiger charge is -2.35. The van der Waals surface area contributed by atoms with Crippen LogP contribution in [0, 0.1) is 11.6 Å². The van der Waals surface area contributed by atoms with E-state index in [1.165, 1.54) is 0 Å². The molecule has 0 aliphatic rings. The predicted octanol–water partition coefficient (Wildman–Crippen LogP) is 4.07. The number of alkyl halides is 8. The van der Waals surface area contributed by atoms with Crippen LogP contribution in [0.15, 0.2) is 57.2 Å². The summed E-state index contributed by atoms with van der Waals surface area (Å²) in [6.07, 6.45) is 0. The maximum Gasteiger partial charge on any atom is 0.428 e. The SMILES string of the molecule is O=S(=O)(O)c1ccccc1S(=O)(=O)NS(=O)(=O)C(F)(F)C(F)(F)C(F)(F)C(F)(F)Sc1ccc(F)cc1F. The van der Waals surface area contributed by atoms with Crippen LogP contribution in [0.5, 0.6) is 0 Å². The molecule has 0 saturated carbocycles. The first kappa shape index (κ1) is 32.1. The van der Waals surface area contributed by atoms with Crippen molar-refractivity contribution in [3.8, 4) is 0 Å². The van der Waals surface area contributed by atoms with Gasteiger partial charge in [-0.3, -0.25) is 4.55 Å². The molecule has 2 aromatic rings. The van der Waals surface area contributed by atoms with Crippen LogP contribution < -0.4 is 4.13 Å². The van der Waals surface area contributed by atoms with Crippen LogP contribution in [-0.4, -0.2) is 52.2 Å². The zero-order chi connectivity index (χ0) is 29.8.